The lowest BCUT2D eigenvalue weighted by atomic mass is 10.0. The Hall–Kier alpha value is -1.62. The minimum absolute atomic E-state index is 0.123. The van der Waals surface area contributed by atoms with Gasteiger partial charge in [0.25, 0.3) is 0 Å². The predicted octanol–water partition coefficient (Wildman–Crippen LogP) is 3.08. The summed E-state index contributed by atoms with van der Waals surface area (Å²) in [5, 5.41) is 2.36. The van der Waals surface area contributed by atoms with E-state index in [0.717, 1.165) is 5.75 Å². The first-order valence-electron chi connectivity index (χ1n) is 6.68. The number of hydrogen-bond acceptors (Lipinski definition) is 4. The molecule has 108 valence electrons. The van der Waals surface area contributed by atoms with Crippen LogP contribution in [0.1, 0.15) is 18.5 Å². The van der Waals surface area contributed by atoms with E-state index < -0.39 is 0 Å². The fourth-order valence-corrected chi connectivity index (χ4v) is 2.02. The van der Waals surface area contributed by atoms with Gasteiger partial charge in [0.15, 0.2) is 0 Å². The van der Waals surface area contributed by atoms with Gasteiger partial charge in [0, 0.05) is 7.11 Å². The van der Waals surface area contributed by atoms with Crippen molar-refractivity contribution in [3.05, 3.63) is 42.0 Å². The van der Waals surface area contributed by atoms with Crippen molar-refractivity contribution < 1.29 is 14.3 Å². The van der Waals surface area contributed by atoms with Crippen LogP contribution in [0.4, 0.5) is 0 Å². The van der Waals surface area contributed by atoms with Gasteiger partial charge < -0.3 is 9.47 Å². The summed E-state index contributed by atoms with van der Waals surface area (Å²) in [5.74, 6) is 0.874. The maximum atomic E-state index is 5.34. The molecule has 1 N–H and O–H groups in total. The van der Waals surface area contributed by atoms with E-state index in [1.807, 2.05) is 12.1 Å². The third kappa shape index (κ3) is 3.70. The molecule has 2 aromatic carbocycles. The van der Waals surface area contributed by atoms with E-state index in [9.17, 15) is 0 Å². The minimum Gasteiger partial charge on any atom is -0.497 e. The molecule has 1 atom stereocenters. The molecular formula is C16H21NO3. The zero-order valence-electron chi connectivity index (χ0n) is 12.2. The lowest BCUT2D eigenvalue weighted by Crippen LogP contribution is -2.21. The van der Waals surface area contributed by atoms with Crippen molar-refractivity contribution in [2.45, 2.75) is 13.0 Å². The first kappa shape index (κ1) is 14.8. The largest absolute Gasteiger partial charge is 0.497 e. The Morgan fingerprint density at radius 2 is 1.75 bits per heavy atom. The maximum absolute atomic E-state index is 5.34. The highest BCUT2D eigenvalue weighted by atomic mass is 16.7. The van der Waals surface area contributed by atoms with Crippen LogP contribution >= 0.6 is 0 Å². The van der Waals surface area contributed by atoms with Crippen molar-refractivity contribution in [1.29, 1.82) is 0 Å². The molecule has 0 bridgehead atoms. The van der Waals surface area contributed by atoms with E-state index in [-0.39, 0.29) is 6.04 Å². The van der Waals surface area contributed by atoms with Gasteiger partial charge in [-0.25, -0.2) is 0 Å². The molecule has 0 fully saturated rings. The van der Waals surface area contributed by atoms with Gasteiger partial charge in [0.2, 0.25) is 0 Å². The second-order valence-corrected chi connectivity index (χ2v) is 4.65. The summed E-state index contributed by atoms with van der Waals surface area (Å²) < 4.78 is 10.2. The highest BCUT2D eigenvalue weighted by Gasteiger charge is 2.06. The van der Waals surface area contributed by atoms with Crippen LogP contribution in [0.25, 0.3) is 10.8 Å². The van der Waals surface area contributed by atoms with Crippen molar-refractivity contribution in [3.8, 4) is 5.75 Å². The highest BCUT2D eigenvalue weighted by molar-refractivity contribution is 5.84. The summed E-state index contributed by atoms with van der Waals surface area (Å²) in [5.41, 5.74) is 4.20. The van der Waals surface area contributed by atoms with Gasteiger partial charge in [0.05, 0.1) is 26.4 Å². The topological polar surface area (TPSA) is 39.7 Å². The van der Waals surface area contributed by atoms with E-state index in [4.69, 9.17) is 14.3 Å². The molecule has 0 amide bonds. The van der Waals surface area contributed by atoms with E-state index in [1.54, 1.807) is 14.2 Å². The number of nitrogens with one attached hydrogen (secondary N) is 1. The van der Waals surface area contributed by atoms with Crippen LogP contribution < -0.4 is 10.2 Å². The molecule has 20 heavy (non-hydrogen) atoms. The van der Waals surface area contributed by atoms with Crippen molar-refractivity contribution in [1.82, 2.24) is 5.48 Å². The van der Waals surface area contributed by atoms with E-state index in [1.165, 1.54) is 16.3 Å². The van der Waals surface area contributed by atoms with Crippen LogP contribution in [0.2, 0.25) is 0 Å². The van der Waals surface area contributed by atoms with Crippen LogP contribution in [0.5, 0.6) is 5.75 Å². The molecule has 0 saturated heterocycles. The van der Waals surface area contributed by atoms with Crippen LogP contribution in [0, 0.1) is 0 Å². The summed E-state index contributed by atoms with van der Waals surface area (Å²) in [6.45, 7) is 3.18. The number of fused-ring (bicyclic) bond motifs is 1. The van der Waals surface area contributed by atoms with Crippen molar-refractivity contribution >= 4 is 10.8 Å². The van der Waals surface area contributed by atoms with E-state index in [0.29, 0.717) is 13.2 Å². The summed E-state index contributed by atoms with van der Waals surface area (Å²) in [6.07, 6.45) is 0. The lowest BCUT2D eigenvalue weighted by Gasteiger charge is -2.15. The Balaban J connectivity index is 2.07. The van der Waals surface area contributed by atoms with Crippen molar-refractivity contribution in [2.24, 2.45) is 0 Å². The number of ether oxygens (including phenoxy) is 2. The summed E-state index contributed by atoms with van der Waals surface area (Å²) in [4.78, 5) is 5.34. The van der Waals surface area contributed by atoms with Gasteiger partial charge in [-0.05, 0) is 41.5 Å². The molecule has 0 radical (unpaired) electrons. The third-order valence-electron chi connectivity index (χ3n) is 3.22. The Morgan fingerprint density at radius 3 is 2.50 bits per heavy atom. The van der Waals surface area contributed by atoms with Crippen molar-refractivity contribution in [2.75, 3.05) is 27.4 Å². The molecule has 2 rings (SSSR count). The first-order chi connectivity index (χ1) is 9.74. The normalized spacial score (nSPS) is 12.6. The molecule has 4 nitrogen and oxygen atoms in total. The molecule has 0 heterocycles. The molecule has 0 aliphatic rings. The molecular weight excluding hydrogens is 254 g/mol. The monoisotopic (exact) mass is 275 g/mol. The molecule has 0 saturated carbocycles. The highest BCUT2D eigenvalue weighted by Crippen LogP contribution is 2.24. The summed E-state index contributed by atoms with van der Waals surface area (Å²) in [7, 11) is 3.34. The van der Waals surface area contributed by atoms with Crippen LogP contribution in [0.15, 0.2) is 36.4 Å². The average Bonchev–Trinajstić information content (AvgIpc) is 2.50. The van der Waals surface area contributed by atoms with Crippen LogP contribution in [-0.2, 0) is 9.57 Å². The Morgan fingerprint density at radius 1 is 1.00 bits per heavy atom. The van der Waals surface area contributed by atoms with Crippen LogP contribution in [-0.4, -0.2) is 27.4 Å². The lowest BCUT2D eigenvalue weighted by molar-refractivity contribution is -0.00922. The molecule has 4 heteroatoms. The van der Waals surface area contributed by atoms with Gasteiger partial charge in [0.1, 0.15) is 5.75 Å². The number of hydrogen-bond donors (Lipinski definition) is 1. The molecule has 0 aliphatic heterocycles. The number of methoxy groups -OCH3 is 2. The molecule has 1 unspecified atom stereocenters. The van der Waals surface area contributed by atoms with Gasteiger partial charge in [-0.2, -0.15) is 5.48 Å². The van der Waals surface area contributed by atoms with Gasteiger partial charge in [-0.15, -0.1) is 0 Å². The van der Waals surface area contributed by atoms with E-state index in [2.05, 4.69) is 36.7 Å². The quantitative estimate of drug-likeness (QED) is 0.622. The maximum Gasteiger partial charge on any atom is 0.119 e. The van der Waals surface area contributed by atoms with Crippen LogP contribution in [0.3, 0.4) is 0 Å². The minimum atomic E-state index is 0.123. The molecule has 2 aromatic rings. The van der Waals surface area contributed by atoms with Gasteiger partial charge >= 0.3 is 0 Å². The van der Waals surface area contributed by atoms with Gasteiger partial charge in [-0.1, -0.05) is 18.2 Å². The summed E-state index contributed by atoms with van der Waals surface area (Å²) >= 11 is 0. The summed E-state index contributed by atoms with van der Waals surface area (Å²) in [6, 6.07) is 12.5. The van der Waals surface area contributed by atoms with E-state index >= 15 is 0 Å². The Bertz CT molecular complexity index is 556. The number of rotatable bonds is 7. The molecule has 0 aliphatic carbocycles. The second-order valence-electron chi connectivity index (χ2n) is 4.65. The van der Waals surface area contributed by atoms with Crippen molar-refractivity contribution in [3.63, 3.8) is 0 Å². The standard InChI is InChI=1S/C16H21NO3/c1-12(17-20-9-8-18-2)13-4-5-15-11-16(19-3)7-6-14(15)10-13/h4-7,10-12,17H,8-9H2,1-3H3. The number of benzene rings is 2. The second kappa shape index (κ2) is 7.24. The molecule has 0 spiro atoms. The zero-order valence-corrected chi connectivity index (χ0v) is 12.2. The molecule has 0 aromatic heterocycles. The Kier molecular flexibility index (Phi) is 5.35. The smallest absolute Gasteiger partial charge is 0.119 e. The predicted molar refractivity (Wildman–Crippen MR) is 79.9 cm³/mol. The fourth-order valence-electron chi connectivity index (χ4n) is 2.02. The fraction of sp³-hybridized carbons (Fsp3) is 0.375. The average molecular weight is 275 g/mol. The number of hydroxylamine groups is 1. The van der Waals surface area contributed by atoms with Gasteiger partial charge in [-0.3, -0.25) is 4.84 Å². The zero-order chi connectivity index (χ0) is 14.4. The third-order valence-corrected chi connectivity index (χ3v) is 3.22. The Labute approximate surface area is 119 Å². The SMILES string of the molecule is COCCONC(C)c1ccc2cc(OC)ccc2c1. The first-order valence-corrected chi connectivity index (χ1v) is 6.68.